The maximum atomic E-state index is 11.6. The Labute approximate surface area is 85.2 Å². The summed E-state index contributed by atoms with van der Waals surface area (Å²) in [5.41, 5.74) is 0. The highest BCUT2D eigenvalue weighted by Crippen LogP contribution is 2.15. The normalized spacial score (nSPS) is 30.8. The van der Waals surface area contributed by atoms with Crippen LogP contribution in [-0.2, 0) is 4.79 Å². The molecule has 1 unspecified atom stereocenters. The van der Waals surface area contributed by atoms with Crippen molar-refractivity contribution in [3.63, 3.8) is 0 Å². The fraction of sp³-hybridized carbons (Fsp3) is 0.900. The number of carbonyl (C=O) groups is 1. The van der Waals surface area contributed by atoms with Crippen molar-refractivity contribution < 1.29 is 4.79 Å². The van der Waals surface area contributed by atoms with Gasteiger partial charge in [0, 0.05) is 25.7 Å². The van der Waals surface area contributed by atoms with Crippen LogP contribution >= 0.6 is 0 Å². The van der Waals surface area contributed by atoms with Crippen LogP contribution in [0.1, 0.15) is 12.8 Å². The molecule has 0 aromatic heterocycles. The predicted molar refractivity (Wildman–Crippen MR) is 55.1 cm³/mol. The van der Waals surface area contributed by atoms with E-state index < -0.39 is 0 Å². The molecule has 2 heterocycles. The minimum atomic E-state index is 0.275. The zero-order valence-electron chi connectivity index (χ0n) is 8.83. The van der Waals surface area contributed by atoms with E-state index in [4.69, 9.17) is 0 Å². The number of rotatable bonds is 1. The number of nitrogens with one attached hydrogen (secondary N) is 1. The van der Waals surface area contributed by atoms with E-state index in [1.54, 1.807) is 0 Å². The summed E-state index contributed by atoms with van der Waals surface area (Å²) >= 11 is 0. The predicted octanol–water partition coefficient (Wildman–Crippen LogP) is -0.488. The summed E-state index contributed by atoms with van der Waals surface area (Å²) in [6, 6.07) is 0.461. The van der Waals surface area contributed by atoms with Gasteiger partial charge in [0.15, 0.2) is 0 Å². The van der Waals surface area contributed by atoms with Crippen molar-refractivity contribution in [2.45, 2.75) is 18.9 Å². The first-order valence-electron chi connectivity index (χ1n) is 5.46. The second-order valence-corrected chi connectivity index (χ2v) is 4.32. The number of likely N-dealkylation sites (tertiary alicyclic amines) is 1. The highest BCUT2D eigenvalue weighted by atomic mass is 16.2. The summed E-state index contributed by atoms with van der Waals surface area (Å²) in [6.07, 6.45) is 2.40. The minimum absolute atomic E-state index is 0.275. The number of likely N-dealkylation sites (N-methyl/N-ethyl adjacent to an activating group) is 1. The van der Waals surface area contributed by atoms with Gasteiger partial charge in [0.1, 0.15) is 0 Å². The first-order chi connectivity index (χ1) is 6.77. The van der Waals surface area contributed by atoms with Gasteiger partial charge >= 0.3 is 0 Å². The van der Waals surface area contributed by atoms with Gasteiger partial charge in [0.2, 0.25) is 5.91 Å². The van der Waals surface area contributed by atoms with E-state index in [9.17, 15) is 4.79 Å². The number of piperazine rings is 1. The Morgan fingerprint density at radius 1 is 1.43 bits per heavy atom. The Hall–Kier alpha value is -0.610. The summed E-state index contributed by atoms with van der Waals surface area (Å²) in [4.78, 5) is 16.0. The van der Waals surface area contributed by atoms with Gasteiger partial charge in [0.05, 0.1) is 6.54 Å². The highest BCUT2D eigenvalue weighted by Gasteiger charge is 2.28. The van der Waals surface area contributed by atoms with E-state index in [0.29, 0.717) is 12.6 Å². The van der Waals surface area contributed by atoms with Crippen LogP contribution in [0.3, 0.4) is 0 Å². The molecule has 0 saturated carbocycles. The molecule has 80 valence electrons. The third kappa shape index (κ3) is 2.07. The van der Waals surface area contributed by atoms with Crippen LogP contribution < -0.4 is 5.32 Å². The first-order valence-corrected chi connectivity index (χ1v) is 5.46. The molecular formula is C10H19N3O. The highest BCUT2D eigenvalue weighted by molar-refractivity contribution is 5.79. The van der Waals surface area contributed by atoms with Crippen LogP contribution in [0.4, 0.5) is 0 Å². The fourth-order valence-corrected chi connectivity index (χ4v) is 2.40. The standard InChI is InChI=1S/C10H19N3O/c1-12-5-2-3-9(8-12)13-6-4-11-7-10(13)14/h9,11H,2-8H2,1H3. The third-order valence-corrected chi connectivity index (χ3v) is 3.17. The van der Waals surface area contributed by atoms with Crippen molar-refractivity contribution in [2.24, 2.45) is 0 Å². The molecule has 0 aliphatic carbocycles. The molecule has 0 aromatic carbocycles. The van der Waals surface area contributed by atoms with Gasteiger partial charge in [-0.1, -0.05) is 0 Å². The number of hydrogen-bond donors (Lipinski definition) is 1. The quantitative estimate of drug-likeness (QED) is 0.616. The van der Waals surface area contributed by atoms with Gasteiger partial charge in [-0.15, -0.1) is 0 Å². The van der Waals surface area contributed by atoms with Crippen molar-refractivity contribution in [3.05, 3.63) is 0 Å². The molecule has 0 aromatic rings. The van der Waals surface area contributed by atoms with Gasteiger partial charge in [-0.2, -0.15) is 0 Å². The zero-order chi connectivity index (χ0) is 9.97. The second-order valence-electron chi connectivity index (χ2n) is 4.32. The van der Waals surface area contributed by atoms with E-state index in [1.807, 2.05) is 0 Å². The monoisotopic (exact) mass is 197 g/mol. The van der Waals surface area contributed by atoms with E-state index >= 15 is 0 Å². The van der Waals surface area contributed by atoms with Crippen molar-refractivity contribution in [1.82, 2.24) is 15.1 Å². The molecule has 2 saturated heterocycles. The van der Waals surface area contributed by atoms with Gasteiger partial charge in [0.25, 0.3) is 0 Å². The summed E-state index contributed by atoms with van der Waals surface area (Å²) in [5, 5.41) is 3.11. The van der Waals surface area contributed by atoms with E-state index in [2.05, 4.69) is 22.2 Å². The van der Waals surface area contributed by atoms with Crippen molar-refractivity contribution >= 4 is 5.91 Å². The molecule has 2 rings (SSSR count). The molecule has 0 bridgehead atoms. The zero-order valence-corrected chi connectivity index (χ0v) is 8.83. The Bertz CT molecular complexity index is 219. The van der Waals surface area contributed by atoms with Crippen molar-refractivity contribution in [3.8, 4) is 0 Å². The van der Waals surface area contributed by atoms with Crippen LogP contribution in [0, 0.1) is 0 Å². The van der Waals surface area contributed by atoms with Crippen LogP contribution in [-0.4, -0.2) is 61.5 Å². The molecule has 14 heavy (non-hydrogen) atoms. The van der Waals surface area contributed by atoms with Crippen LogP contribution in [0.5, 0.6) is 0 Å². The van der Waals surface area contributed by atoms with E-state index in [-0.39, 0.29) is 5.91 Å². The number of piperidine rings is 1. The molecule has 4 nitrogen and oxygen atoms in total. The van der Waals surface area contributed by atoms with Gasteiger partial charge in [-0.05, 0) is 26.4 Å². The fourth-order valence-electron chi connectivity index (χ4n) is 2.40. The molecular weight excluding hydrogens is 178 g/mol. The first kappa shape index (κ1) is 9.93. The van der Waals surface area contributed by atoms with Crippen LogP contribution in [0.15, 0.2) is 0 Å². The Morgan fingerprint density at radius 2 is 2.29 bits per heavy atom. The summed E-state index contributed by atoms with van der Waals surface area (Å²) in [5.74, 6) is 0.275. The lowest BCUT2D eigenvalue weighted by atomic mass is 10.0. The Kier molecular flexibility index (Phi) is 3.03. The Balaban J connectivity index is 1.94. The number of amides is 1. The average Bonchev–Trinajstić information content (AvgIpc) is 2.18. The second kappa shape index (κ2) is 4.28. The molecule has 1 atom stereocenters. The number of carbonyl (C=O) groups excluding carboxylic acids is 1. The minimum Gasteiger partial charge on any atom is -0.336 e. The van der Waals surface area contributed by atoms with Gasteiger partial charge in [-0.25, -0.2) is 0 Å². The molecule has 2 fully saturated rings. The molecule has 1 N–H and O–H groups in total. The molecule has 1 amide bonds. The molecule has 2 aliphatic rings. The lowest BCUT2D eigenvalue weighted by Crippen LogP contribution is -2.56. The topological polar surface area (TPSA) is 35.6 Å². The summed E-state index contributed by atoms with van der Waals surface area (Å²) in [7, 11) is 2.14. The third-order valence-electron chi connectivity index (χ3n) is 3.17. The van der Waals surface area contributed by atoms with E-state index in [1.165, 1.54) is 19.4 Å². The average molecular weight is 197 g/mol. The van der Waals surface area contributed by atoms with Crippen molar-refractivity contribution in [1.29, 1.82) is 0 Å². The summed E-state index contributed by atoms with van der Waals surface area (Å²) in [6.45, 7) is 4.59. The molecule has 0 spiro atoms. The van der Waals surface area contributed by atoms with Gasteiger partial charge < -0.3 is 15.1 Å². The maximum absolute atomic E-state index is 11.6. The van der Waals surface area contributed by atoms with E-state index in [0.717, 1.165) is 19.6 Å². The van der Waals surface area contributed by atoms with Crippen LogP contribution in [0.25, 0.3) is 0 Å². The Morgan fingerprint density at radius 3 is 3.00 bits per heavy atom. The van der Waals surface area contributed by atoms with Crippen LogP contribution in [0.2, 0.25) is 0 Å². The molecule has 2 aliphatic heterocycles. The van der Waals surface area contributed by atoms with Crippen molar-refractivity contribution in [2.75, 3.05) is 39.8 Å². The largest absolute Gasteiger partial charge is 0.336 e. The SMILES string of the molecule is CN1CCCC(N2CCNCC2=O)C1. The smallest absolute Gasteiger partial charge is 0.236 e. The lowest BCUT2D eigenvalue weighted by Gasteiger charge is -2.39. The summed E-state index contributed by atoms with van der Waals surface area (Å²) < 4.78 is 0. The maximum Gasteiger partial charge on any atom is 0.236 e. The molecule has 4 heteroatoms. The molecule has 0 radical (unpaired) electrons. The number of hydrogen-bond acceptors (Lipinski definition) is 3. The van der Waals surface area contributed by atoms with Gasteiger partial charge in [-0.3, -0.25) is 4.79 Å². The number of nitrogens with zero attached hydrogens (tertiary/aromatic N) is 2. The lowest BCUT2D eigenvalue weighted by molar-refractivity contribution is -0.135.